The van der Waals surface area contributed by atoms with Crippen LogP contribution in [0.1, 0.15) is 0 Å². The quantitative estimate of drug-likeness (QED) is 0.906. The molecule has 0 atom stereocenters. The van der Waals surface area contributed by atoms with E-state index in [9.17, 15) is 9.18 Å². The van der Waals surface area contributed by atoms with Crippen LogP contribution in [0.5, 0.6) is 0 Å². The Bertz CT molecular complexity index is 357. The molecule has 0 spiro atoms. The predicted octanol–water partition coefficient (Wildman–Crippen LogP) is 2.11. The normalized spacial score (nSPS) is 9.93. The average molecular weight is 262 g/mol. The van der Waals surface area contributed by atoms with Crippen LogP contribution in [0.15, 0.2) is 22.7 Å². The Labute approximate surface area is 89.3 Å². The number of carbonyl (C=O) groups is 1. The number of aliphatic carboxylic acids is 1. The fourth-order valence-electron chi connectivity index (χ4n) is 1.08. The topological polar surface area (TPSA) is 40.5 Å². The maximum absolute atomic E-state index is 13.3. The van der Waals surface area contributed by atoms with Gasteiger partial charge in [-0.2, -0.15) is 0 Å². The minimum absolute atomic E-state index is 0.224. The Hall–Kier alpha value is -1.10. The van der Waals surface area contributed by atoms with Gasteiger partial charge in [-0.25, -0.2) is 4.39 Å². The summed E-state index contributed by atoms with van der Waals surface area (Å²) in [5.41, 5.74) is 0.274. The number of halogens is 2. The SMILES string of the molecule is CN(CC(=O)O)c1ccc(Br)cc1F. The second-order valence-electron chi connectivity index (χ2n) is 2.85. The molecule has 1 rings (SSSR count). The van der Waals surface area contributed by atoms with E-state index >= 15 is 0 Å². The minimum Gasteiger partial charge on any atom is -0.480 e. The summed E-state index contributed by atoms with van der Waals surface area (Å²) in [6.45, 7) is -0.224. The first-order chi connectivity index (χ1) is 6.50. The molecule has 0 unspecified atom stereocenters. The zero-order valence-electron chi connectivity index (χ0n) is 7.50. The lowest BCUT2D eigenvalue weighted by molar-refractivity contribution is -0.135. The van der Waals surface area contributed by atoms with E-state index in [0.717, 1.165) is 0 Å². The molecule has 0 heterocycles. The van der Waals surface area contributed by atoms with Crippen molar-refractivity contribution in [3.05, 3.63) is 28.5 Å². The zero-order valence-corrected chi connectivity index (χ0v) is 9.08. The van der Waals surface area contributed by atoms with E-state index in [1.165, 1.54) is 24.1 Å². The van der Waals surface area contributed by atoms with E-state index in [1.54, 1.807) is 6.07 Å². The third-order valence-electron chi connectivity index (χ3n) is 1.69. The monoisotopic (exact) mass is 261 g/mol. The number of carboxylic acids is 1. The highest BCUT2D eigenvalue weighted by atomic mass is 79.9. The van der Waals surface area contributed by atoms with Crippen molar-refractivity contribution in [3.8, 4) is 0 Å². The number of carboxylic acid groups (broad SMARTS) is 1. The molecular weight excluding hydrogens is 253 g/mol. The molecule has 76 valence electrons. The number of hydrogen-bond acceptors (Lipinski definition) is 2. The van der Waals surface area contributed by atoms with Gasteiger partial charge in [0, 0.05) is 11.5 Å². The summed E-state index contributed by atoms with van der Waals surface area (Å²) in [6.07, 6.45) is 0. The highest BCUT2D eigenvalue weighted by Gasteiger charge is 2.10. The molecule has 0 aromatic heterocycles. The lowest BCUT2D eigenvalue weighted by Gasteiger charge is -2.17. The van der Waals surface area contributed by atoms with E-state index in [1.807, 2.05) is 0 Å². The molecule has 3 nitrogen and oxygen atoms in total. The van der Waals surface area contributed by atoms with Crippen molar-refractivity contribution in [1.29, 1.82) is 0 Å². The Morgan fingerprint density at radius 1 is 1.64 bits per heavy atom. The molecule has 5 heteroatoms. The average Bonchev–Trinajstić information content (AvgIpc) is 2.01. The Morgan fingerprint density at radius 2 is 2.29 bits per heavy atom. The number of benzene rings is 1. The van der Waals surface area contributed by atoms with Crippen LogP contribution in [0.25, 0.3) is 0 Å². The van der Waals surface area contributed by atoms with E-state index in [-0.39, 0.29) is 12.2 Å². The molecule has 0 fully saturated rings. The van der Waals surface area contributed by atoms with Gasteiger partial charge in [-0.3, -0.25) is 4.79 Å². The third kappa shape index (κ3) is 2.70. The van der Waals surface area contributed by atoms with E-state index in [0.29, 0.717) is 4.47 Å². The second kappa shape index (κ2) is 4.41. The van der Waals surface area contributed by atoms with Gasteiger partial charge in [0.05, 0.1) is 5.69 Å². The second-order valence-corrected chi connectivity index (χ2v) is 3.76. The van der Waals surface area contributed by atoms with Crippen LogP contribution in [0.2, 0.25) is 0 Å². The van der Waals surface area contributed by atoms with Gasteiger partial charge in [0.15, 0.2) is 0 Å². The molecule has 0 aliphatic heterocycles. The Balaban J connectivity index is 2.90. The summed E-state index contributed by atoms with van der Waals surface area (Å²) in [5.74, 6) is -1.43. The third-order valence-corrected chi connectivity index (χ3v) is 2.19. The van der Waals surface area contributed by atoms with Crippen molar-refractivity contribution < 1.29 is 14.3 Å². The van der Waals surface area contributed by atoms with Crippen molar-refractivity contribution in [3.63, 3.8) is 0 Å². The smallest absolute Gasteiger partial charge is 0.323 e. The van der Waals surface area contributed by atoms with Gasteiger partial charge in [0.2, 0.25) is 0 Å². The van der Waals surface area contributed by atoms with Crippen LogP contribution in [0.3, 0.4) is 0 Å². The molecule has 1 aromatic rings. The fraction of sp³-hybridized carbons (Fsp3) is 0.222. The minimum atomic E-state index is -0.991. The maximum Gasteiger partial charge on any atom is 0.323 e. The van der Waals surface area contributed by atoms with Crippen molar-refractivity contribution in [2.24, 2.45) is 0 Å². The van der Waals surface area contributed by atoms with Gasteiger partial charge in [-0.15, -0.1) is 0 Å². The first-order valence-electron chi connectivity index (χ1n) is 3.88. The highest BCUT2D eigenvalue weighted by Crippen LogP contribution is 2.21. The number of rotatable bonds is 3. The van der Waals surface area contributed by atoms with Crippen LogP contribution in [-0.2, 0) is 4.79 Å². The molecule has 1 N–H and O–H groups in total. The van der Waals surface area contributed by atoms with E-state index in [2.05, 4.69) is 15.9 Å². The summed E-state index contributed by atoms with van der Waals surface area (Å²) in [7, 11) is 1.53. The highest BCUT2D eigenvalue weighted by molar-refractivity contribution is 9.10. The predicted molar refractivity (Wildman–Crippen MR) is 55.0 cm³/mol. The molecule has 14 heavy (non-hydrogen) atoms. The summed E-state index contributed by atoms with van der Waals surface area (Å²) in [4.78, 5) is 11.7. The first kappa shape index (κ1) is 11.0. The molecule has 0 radical (unpaired) electrons. The van der Waals surface area contributed by atoms with Crippen molar-refractivity contribution in [1.82, 2.24) is 0 Å². The summed E-state index contributed by atoms with van der Waals surface area (Å²) < 4.78 is 13.9. The van der Waals surface area contributed by atoms with Crippen molar-refractivity contribution >= 4 is 27.6 Å². The molecular formula is C9H9BrFNO2. The largest absolute Gasteiger partial charge is 0.480 e. The zero-order chi connectivity index (χ0) is 10.7. The van der Waals surface area contributed by atoms with E-state index < -0.39 is 11.8 Å². The number of likely N-dealkylation sites (N-methyl/N-ethyl adjacent to an activating group) is 1. The summed E-state index contributed by atoms with van der Waals surface area (Å²) in [5, 5.41) is 8.52. The molecule has 0 saturated heterocycles. The van der Waals surface area contributed by atoms with E-state index in [4.69, 9.17) is 5.11 Å². The van der Waals surface area contributed by atoms with Crippen molar-refractivity contribution in [2.75, 3.05) is 18.5 Å². The maximum atomic E-state index is 13.3. The molecule has 1 aromatic carbocycles. The van der Waals surface area contributed by atoms with Crippen LogP contribution >= 0.6 is 15.9 Å². The number of anilines is 1. The van der Waals surface area contributed by atoms with Crippen LogP contribution in [-0.4, -0.2) is 24.7 Å². The van der Waals surface area contributed by atoms with Gasteiger partial charge in [-0.1, -0.05) is 15.9 Å². The van der Waals surface area contributed by atoms with Crippen LogP contribution in [0.4, 0.5) is 10.1 Å². The van der Waals surface area contributed by atoms with Crippen molar-refractivity contribution in [2.45, 2.75) is 0 Å². The van der Waals surface area contributed by atoms with Gasteiger partial charge in [0.1, 0.15) is 12.4 Å². The van der Waals surface area contributed by atoms with Gasteiger partial charge in [0.25, 0.3) is 0 Å². The number of nitrogens with zero attached hydrogens (tertiary/aromatic N) is 1. The summed E-state index contributed by atoms with van der Waals surface area (Å²) >= 11 is 3.12. The molecule has 0 saturated carbocycles. The van der Waals surface area contributed by atoms with Gasteiger partial charge < -0.3 is 10.0 Å². The van der Waals surface area contributed by atoms with Crippen LogP contribution in [0, 0.1) is 5.82 Å². The lowest BCUT2D eigenvalue weighted by atomic mass is 10.3. The Morgan fingerprint density at radius 3 is 2.79 bits per heavy atom. The number of hydrogen-bond donors (Lipinski definition) is 1. The van der Waals surface area contributed by atoms with Gasteiger partial charge >= 0.3 is 5.97 Å². The Kier molecular flexibility index (Phi) is 3.46. The van der Waals surface area contributed by atoms with Gasteiger partial charge in [-0.05, 0) is 18.2 Å². The molecule has 0 aliphatic rings. The standard InChI is InChI=1S/C9H9BrFNO2/c1-12(5-9(13)14)8-3-2-6(10)4-7(8)11/h2-4H,5H2,1H3,(H,13,14). The molecule has 0 bridgehead atoms. The lowest BCUT2D eigenvalue weighted by Crippen LogP contribution is -2.25. The first-order valence-corrected chi connectivity index (χ1v) is 4.68. The molecule has 0 aliphatic carbocycles. The van der Waals surface area contributed by atoms with Crippen LogP contribution < -0.4 is 4.90 Å². The fourth-order valence-corrected chi connectivity index (χ4v) is 1.41. The summed E-state index contributed by atoms with van der Waals surface area (Å²) in [6, 6.07) is 4.49. The molecule has 0 amide bonds.